The van der Waals surface area contributed by atoms with E-state index in [0.717, 1.165) is 41.9 Å². The lowest BCUT2D eigenvalue weighted by molar-refractivity contribution is 0.0359. The minimum absolute atomic E-state index is 0.0391. The first-order valence-corrected chi connectivity index (χ1v) is 13.7. The van der Waals surface area contributed by atoms with Gasteiger partial charge in [0, 0.05) is 41.1 Å². The monoisotopic (exact) mass is 519 g/mol. The van der Waals surface area contributed by atoms with Crippen LogP contribution in [0.2, 0.25) is 0 Å². The van der Waals surface area contributed by atoms with Gasteiger partial charge < -0.3 is 14.4 Å². The van der Waals surface area contributed by atoms with E-state index in [1.165, 1.54) is 12.1 Å². The molecule has 0 N–H and O–H groups in total. The summed E-state index contributed by atoms with van der Waals surface area (Å²) in [6.07, 6.45) is 3.60. The number of benzene rings is 3. The Morgan fingerprint density at radius 1 is 0.946 bits per heavy atom. The van der Waals surface area contributed by atoms with E-state index in [1.807, 2.05) is 30.3 Å². The molecule has 2 bridgehead atoms. The second-order valence-electron chi connectivity index (χ2n) is 9.50. The van der Waals surface area contributed by atoms with Gasteiger partial charge in [-0.25, -0.2) is 9.18 Å². The van der Waals surface area contributed by atoms with Crippen molar-refractivity contribution in [1.82, 2.24) is 4.90 Å². The molecule has 5 rings (SSSR count). The van der Waals surface area contributed by atoms with Crippen molar-refractivity contribution in [2.75, 3.05) is 6.61 Å². The van der Waals surface area contributed by atoms with Crippen LogP contribution >= 0.6 is 11.8 Å². The molecule has 2 heterocycles. The lowest BCUT2D eigenvalue weighted by Crippen LogP contribution is -2.49. The van der Waals surface area contributed by atoms with Crippen molar-refractivity contribution in [2.24, 2.45) is 0 Å². The number of carbonyl (C=O) groups is 2. The lowest BCUT2D eigenvalue weighted by Gasteiger charge is -2.39. The predicted octanol–water partition coefficient (Wildman–Crippen LogP) is 6.51. The average molecular weight is 520 g/mol. The van der Waals surface area contributed by atoms with Gasteiger partial charge in [-0.3, -0.25) is 4.79 Å². The molecule has 2 aliphatic rings. The van der Waals surface area contributed by atoms with E-state index in [9.17, 15) is 14.0 Å². The van der Waals surface area contributed by atoms with Crippen molar-refractivity contribution in [1.29, 1.82) is 0 Å². The van der Waals surface area contributed by atoms with E-state index in [1.54, 1.807) is 49.0 Å². The van der Waals surface area contributed by atoms with Crippen molar-refractivity contribution >= 4 is 23.6 Å². The van der Waals surface area contributed by atoms with Crippen molar-refractivity contribution < 1.29 is 23.5 Å². The second-order valence-corrected chi connectivity index (χ2v) is 10.5. The van der Waals surface area contributed by atoms with Crippen molar-refractivity contribution in [2.45, 2.75) is 61.4 Å². The molecule has 5 nitrogen and oxygen atoms in total. The molecular weight excluding hydrogens is 489 g/mol. The zero-order valence-corrected chi connectivity index (χ0v) is 21.6. The summed E-state index contributed by atoms with van der Waals surface area (Å²) < 4.78 is 24.7. The van der Waals surface area contributed by atoms with Crippen LogP contribution in [-0.2, 0) is 10.5 Å². The number of ether oxygens (including phenoxy) is 2. The number of fused-ring (bicyclic) bond motifs is 2. The Labute approximate surface area is 221 Å². The van der Waals surface area contributed by atoms with Crippen LogP contribution in [0.25, 0.3) is 0 Å². The molecule has 7 heteroatoms. The van der Waals surface area contributed by atoms with Crippen molar-refractivity contribution in [3.63, 3.8) is 0 Å². The average Bonchev–Trinajstić information content (AvgIpc) is 3.18. The number of halogens is 1. The molecule has 2 fully saturated rings. The number of amides is 1. The van der Waals surface area contributed by atoms with E-state index in [4.69, 9.17) is 9.47 Å². The van der Waals surface area contributed by atoms with Crippen LogP contribution in [0.5, 0.6) is 5.75 Å². The highest BCUT2D eigenvalue weighted by Crippen LogP contribution is 2.38. The van der Waals surface area contributed by atoms with Crippen LogP contribution in [0, 0.1) is 5.82 Å². The molecule has 2 aliphatic heterocycles. The summed E-state index contributed by atoms with van der Waals surface area (Å²) in [5, 5.41) is 0. The van der Waals surface area contributed by atoms with Gasteiger partial charge in [0.1, 0.15) is 17.7 Å². The Balaban J connectivity index is 1.16. The van der Waals surface area contributed by atoms with Crippen LogP contribution in [0.1, 0.15) is 58.9 Å². The van der Waals surface area contributed by atoms with Gasteiger partial charge in [-0.05, 0) is 79.9 Å². The minimum Gasteiger partial charge on any atom is -0.490 e. The van der Waals surface area contributed by atoms with Crippen molar-refractivity contribution in [3.05, 3.63) is 95.3 Å². The summed E-state index contributed by atoms with van der Waals surface area (Å²) >= 11 is 1.57. The number of hydrogen-bond acceptors (Lipinski definition) is 5. The molecule has 0 saturated carbocycles. The van der Waals surface area contributed by atoms with Crippen LogP contribution < -0.4 is 4.74 Å². The van der Waals surface area contributed by atoms with Crippen LogP contribution in [0.3, 0.4) is 0 Å². The highest BCUT2D eigenvalue weighted by Gasteiger charge is 2.44. The first-order valence-electron chi connectivity index (χ1n) is 12.7. The second kappa shape index (κ2) is 11.4. The Bertz CT molecular complexity index is 1230. The molecule has 3 aromatic rings. The minimum atomic E-state index is -0.336. The Morgan fingerprint density at radius 2 is 1.62 bits per heavy atom. The zero-order chi connectivity index (χ0) is 25.8. The third-order valence-corrected chi connectivity index (χ3v) is 8.06. The van der Waals surface area contributed by atoms with Gasteiger partial charge in [0.05, 0.1) is 12.2 Å². The molecule has 2 unspecified atom stereocenters. The van der Waals surface area contributed by atoms with E-state index in [0.29, 0.717) is 23.5 Å². The summed E-state index contributed by atoms with van der Waals surface area (Å²) in [6.45, 7) is 2.13. The van der Waals surface area contributed by atoms with Crippen LogP contribution in [0.4, 0.5) is 4.39 Å². The summed E-state index contributed by atoms with van der Waals surface area (Å²) in [4.78, 5) is 28.2. The first kappa shape index (κ1) is 25.3. The number of piperidine rings is 1. The smallest absolute Gasteiger partial charge is 0.338 e. The van der Waals surface area contributed by atoms with Gasteiger partial charge in [0.15, 0.2) is 0 Å². The fraction of sp³-hybridized carbons (Fsp3) is 0.333. The van der Waals surface area contributed by atoms with Crippen LogP contribution in [0.15, 0.2) is 77.7 Å². The van der Waals surface area contributed by atoms with Crippen molar-refractivity contribution in [3.8, 4) is 5.75 Å². The van der Waals surface area contributed by atoms with Gasteiger partial charge in [0.2, 0.25) is 0 Å². The lowest BCUT2D eigenvalue weighted by atomic mass is 9.98. The maximum Gasteiger partial charge on any atom is 0.338 e. The summed E-state index contributed by atoms with van der Waals surface area (Å²) in [5.74, 6) is 0.948. The number of thioether (sulfide) groups is 1. The van der Waals surface area contributed by atoms with E-state index in [-0.39, 0.29) is 35.9 Å². The maximum atomic E-state index is 13.4. The molecular formula is C30H30FNO4S. The fourth-order valence-electron chi connectivity index (χ4n) is 5.25. The molecule has 0 aliphatic carbocycles. The molecule has 3 aromatic carbocycles. The maximum absolute atomic E-state index is 13.4. The molecule has 192 valence electrons. The third-order valence-electron chi connectivity index (χ3n) is 7.00. The van der Waals surface area contributed by atoms with Gasteiger partial charge in [-0.15, -0.1) is 11.8 Å². The number of hydrogen-bond donors (Lipinski definition) is 0. The summed E-state index contributed by atoms with van der Waals surface area (Å²) in [6, 6.07) is 21.7. The zero-order valence-electron chi connectivity index (χ0n) is 20.8. The highest BCUT2D eigenvalue weighted by molar-refractivity contribution is 7.98. The van der Waals surface area contributed by atoms with Gasteiger partial charge in [-0.1, -0.05) is 18.2 Å². The topological polar surface area (TPSA) is 55.8 Å². The fourth-order valence-corrected chi connectivity index (χ4v) is 6.14. The normalized spacial score (nSPS) is 20.5. The molecule has 0 radical (unpaired) electrons. The highest BCUT2D eigenvalue weighted by atomic mass is 32.2. The number of nitrogens with zero attached hydrogens (tertiary/aromatic N) is 1. The van der Waals surface area contributed by atoms with Gasteiger partial charge in [-0.2, -0.15) is 0 Å². The quantitative estimate of drug-likeness (QED) is 0.251. The predicted molar refractivity (Wildman–Crippen MR) is 141 cm³/mol. The molecule has 2 atom stereocenters. The molecule has 1 amide bonds. The molecule has 0 aromatic heterocycles. The molecule has 37 heavy (non-hydrogen) atoms. The molecule has 0 spiro atoms. The largest absolute Gasteiger partial charge is 0.490 e. The van der Waals surface area contributed by atoms with E-state index >= 15 is 0 Å². The summed E-state index contributed by atoms with van der Waals surface area (Å²) in [5.41, 5.74) is 2.30. The third kappa shape index (κ3) is 5.99. The Kier molecular flexibility index (Phi) is 7.79. The van der Waals surface area contributed by atoms with Gasteiger partial charge in [0.25, 0.3) is 5.91 Å². The Morgan fingerprint density at radius 3 is 2.27 bits per heavy atom. The molecule has 2 saturated heterocycles. The number of rotatable bonds is 8. The Hall–Kier alpha value is -3.32. The van der Waals surface area contributed by atoms with Gasteiger partial charge >= 0.3 is 5.97 Å². The first-order chi connectivity index (χ1) is 18.0. The SMILES string of the molecule is CCOC(=O)c1ccc(OC2CC3CCC(C2)N3C(=O)c2ccc(CSc3cccc(F)c3)cc2)cc1. The van der Waals surface area contributed by atoms with Crippen LogP contribution in [-0.4, -0.2) is 41.6 Å². The van der Waals surface area contributed by atoms with E-state index in [2.05, 4.69) is 4.90 Å². The van der Waals surface area contributed by atoms with E-state index < -0.39 is 0 Å². The summed E-state index contributed by atoms with van der Waals surface area (Å²) in [7, 11) is 0. The number of carbonyl (C=O) groups excluding carboxylic acids is 2. The standard InChI is InChI=1S/C30H30FNO4S/c1-2-35-30(34)22-10-14-26(15-11-22)36-27-17-24-12-13-25(18-27)32(24)29(33)21-8-6-20(7-9-21)19-37-28-5-3-4-23(31)16-28/h3-11,14-16,24-25,27H,2,12-13,17-19H2,1H3. The number of esters is 1.